The van der Waals surface area contributed by atoms with Gasteiger partial charge in [-0.05, 0) is 81.4 Å². The van der Waals surface area contributed by atoms with Crippen LogP contribution in [0.3, 0.4) is 0 Å². The van der Waals surface area contributed by atoms with E-state index in [0.29, 0.717) is 27.7 Å². The lowest BCUT2D eigenvalue weighted by Gasteiger charge is -2.40. The Morgan fingerprint density at radius 1 is 1.10 bits per heavy atom. The van der Waals surface area contributed by atoms with Gasteiger partial charge in [0, 0.05) is 24.0 Å². The number of fused-ring (bicyclic) bond motifs is 2. The first-order valence-corrected chi connectivity index (χ1v) is 14.0. The minimum absolute atomic E-state index is 0.00974. The number of aromatic nitrogens is 2. The van der Waals surface area contributed by atoms with E-state index in [2.05, 4.69) is 22.9 Å². The van der Waals surface area contributed by atoms with Crippen LogP contribution in [-0.4, -0.2) is 64.9 Å². The summed E-state index contributed by atoms with van der Waals surface area (Å²) in [4.78, 5) is 13.7. The summed E-state index contributed by atoms with van der Waals surface area (Å²) in [6.07, 6.45) is 9.23. The number of terminal acetylenes is 1. The quantitative estimate of drug-likeness (QED) is 0.327. The Morgan fingerprint density at radius 3 is 2.63 bits per heavy atom. The molecule has 210 valence electrons. The van der Waals surface area contributed by atoms with Crippen molar-refractivity contribution in [1.29, 1.82) is 0 Å². The molecule has 0 radical (unpaired) electrons. The van der Waals surface area contributed by atoms with Crippen LogP contribution >= 0.6 is 0 Å². The van der Waals surface area contributed by atoms with Crippen molar-refractivity contribution in [3.63, 3.8) is 0 Å². The number of rotatable bonds is 4. The minimum atomic E-state index is -0.659. The first-order chi connectivity index (χ1) is 19.7. The second-order valence-corrected chi connectivity index (χ2v) is 11.4. The number of halogens is 2. The number of nitrogens with zero attached hydrogens (tertiary/aromatic N) is 4. The van der Waals surface area contributed by atoms with Crippen molar-refractivity contribution in [2.24, 2.45) is 0 Å². The van der Waals surface area contributed by atoms with E-state index in [1.807, 2.05) is 18.9 Å². The maximum absolute atomic E-state index is 16.8. The van der Waals surface area contributed by atoms with Crippen LogP contribution in [0.4, 0.5) is 14.6 Å². The van der Waals surface area contributed by atoms with Crippen molar-refractivity contribution < 1.29 is 23.4 Å². The Bertz CT molecular complexity index is 1770. The second-order valence-electron chi connectivity index (χ2n) is 11.4. The number of benzene rings is 3. The molecule has 3 aliphatic rings. The molecule has 3 aromatic carbocycles. The molecule has 9 heteroatoms. The number of phenols is 1. The highest BCUT2D eigenvalue weighted by Gasteiger charge is 2.41. The van der Waals surface area contributed by atoms with Crippen LogP contribution in [0.5, 0.6) is 17.5 Å². The van der Waals surface area contributed by atoms with Crippen LogP contribution in [-0.2, 0) is 0 Å². The largest absolute Gasteiger partial charge is 0.508 e. The summed E-state index contributed by atoms with van der Waals surface area (Å²) >= 11 is 0. The van der Waals surface area contributed by atoms with Gasteiger partial charge in [0.2, 0.25) is 0 Å². The molecule has 4 atom stereocenters. The van der Waals surface area contributed by atoms with Crippen LogP contribution in [0.25, 0.3) is 32.8 Å². The van der Waals surface area contributed by atoms with Gasteiger partial charge in [-0.1, -0.05) is 12.0 Å². The lowest BCUT2D eigenvalue weighted by molar-refractivity contribution is 0.0946. The van der Waals surface area contributed by atoms with E-state index in [9.17, 15) is 9.50 Å². The predicted molar refractivity (Wildman–Crippen MR) is 154 cm³/mol. The monoisotopic (exact) mass is 556 g/mol. The maximum atomic E-state index is 16.8. The Labute approximate surface area is 236 Å². The van der Waals surface area contributed by atoms with Crippen molar-refractivity contribution in [3.05, 3.63) is 47.5 Å². The maximum Gasteiger partial charge on any atom is 0.319 e. The van der Waals surface area contributed by atoms with E-state index >= 15 is 4.39 Å². The van der Waals surface area contributed by atoms with E-state index in [4.69, 9.17) is 20.9 Å². The molecule has 0 spiro atoms. The third-order valence-corrected chi connectivity index (χ3v) is 9.02. The third-order valence-electron chi connectivity index (χ3n) is 9.02. The molecule has 1 aromatic heterocycles. The normalized spacial score (nSPS) is 22.5. The van der Waals surface area contributed by atoms with Gasteiger partial charge in [-0.15, -0.1) is 6.42 Å². The number of aromatic hydroxyl groups is 1. The van der Waals surface area contributed by atoms with Crippen molar-refractivity contribution in [2.45, 2.75) is 56.9 Å². The lowest BCUT2D eigenvalue weighted by Crippen LogP contribution is -2.51. The average Bonchev–Trinajstić information content (AvgIpc) is 3.34. The van der Waals surface area contributed by atoms with Crippen molar-refractivity contribution in [2.75, 3.05) is 25.5 Å². The fourth-order valence-corrected chi connectivity index (χ4v) is 6.71. The smallest absolute Gasteiger partial charge is 0.319 e. The SMILES string of the molecule is C#Cc1c(F)ccc2cc(O)cc(-c3cc4c5c(nc(O[C@@H](C)C6CCCN6C)nc5c3F)N(C)[C@@H]3CC[C@@H]3O4)c12. The molecule has 1 saturated carbocycles. The molecular formula is C32H30F2N4O3. The molecule has 0 amide bonds. The number of phenolic OH excluding ortho intramolecular Hbond substituents is 1. The van der Waals surface area contributed by atoms with Crippen LogP contribution < -0.4 is 14.4 Å². The molecule has 1 unspecified atom stereocenters. The van der Waals surface area contributed by atoms with Crippen LogP contribution in [0.15, 0.2) is 30.3 Å². The summed E-state index contributed by atoms with van der Waals surface area (Å²) in [5.41, 5.74) is 0.366. The van der Waals surface area contributed by atoms with Gasteiger partial charge in [0.1, 0.15) is 40.9 Å². The van der Waals surface area contributed by atoms with E-state index in [1.165, 1.54) is 24.3 Å². The number of likely N-dealkylation sites (tertiary alicyclic amines) is 1. The highest BCUT2D eigenvalue weighted by molar-refractivity contribution is 6.05. The summed E-state index contributed by atoms with van der Waals surface area (Å²) < 4.78 is 44.3. The molecule has 7 rings (SSSR count). The molecule has 1 N–H and O–H groups in total. The Balaban J connectivity index is 1.48. The van der Waals surface area contributed by atoms with E-state index in [0.717, 1.165) is 32.2 Å². The topological polar surface area (TPSA) is 71.0 Å². The summed E-state index contributed by atoms with van der Waals surface area (Å²) in [6.45, 7) is 2.98. The predicted octanol–water partition coefficient (Wildman–Crippen LogP) is 5.64. The molecule has 1 aliphatic carbocycles. The van der Waals surface area contributed by atoms with Gasteiger partial charge in [-0.2, -0.15) is 9.97 Å². The second kappa shape index (κ2) is 9.45. The van der Waals surface area contributed by atoms with Gasteiger partial charge in [-0.25, -0.2) is 8.78 Å². The van der Waals surface area contributed by atoms with Crippen molar-refractivity contribution in [3.8, 4) is 41.0 Å². The highest BCUT2D eigenvalue weighted by Crippen LogP contribution is 2.47. The highest BCUT2D eigenvalue weighted by atomic mass is 19.1. The van der Waals surface area contributed by atoms with Gasteiger partial charge in [0.05, 0.1) is 17.0 Å². The van der Waals surface area contributed by atoms with Crippen molar-refractivity contribution >= 4 is 27.5 Å². The fourth-order valence-electron chi connectivity index (χ4n) is 6.71. The Morgan fingerprint density at radius 2 is 1.93 bits per heavy atom. The van der Waals surface area contributed by atoms with E-state index in [-0.39, 0.29) is 58.3 Å². The van der Waals surface area contributed by atoms with Crippen molar-refractivity contribution in [1.82, 2.24) is 14.9 Å². The molecule has 1 saturated heterocycles. The van der Waals surface area contributed by atoms with Gasteiger partial charge < -0.3 is 19.5 Å². The number of ether oxygens (including phenoxy) is 2. The summed E-state index contributed by atoms with van der Waals surface area (Å²) in [6, 6.07) is 7.58. The molecule has 41 heavy (non-hydrogen) atoms. The summed E-state index contributed by atoms with van der Waals surface area (Å²) in [5.74, 6) is 2.01. The zero-order valence-corrected chi connectivity index (χ0v) is 23.1. The number of anilines is 1. The summed E-state index contributed by atoms with van der Waals surface area (Å²) in [7, 11) is 4.01. The third kappa shape index (κ3) is 3.96. The standard InChI is InChI=1S/C32H30F2N4O3/c1-5-19-22(33)9-8-17-13-18(39)14-20(27(17)19)21-15-26-28-30(29(21)34)35-32(40-16(2)23-7-6-12-37(23)3)36-31(28)38(4)24-10-11-25(24)41-26/h1,8-9,13-16,23-25,39H,6-7,10-12H2,2-4H3/t16-,23?,24+,25-/m0/s1. The fraction of sp³-hybridized carbons (Fsp3) is 0.375. The minimum Gasteiger partial charge on any atom is -0.508 e. The van der Waals surface area contributed by atoms with Gasteiger partial charge in [-0.3, -0.25) is 4.90 Å². The molecule has 0 bridgehead atoms. The molecule has 2 aliphatic heterocycles. The Hall–Kier alpha value is -4.16. The first kappa shape index (κ1) is 25.8. The Kier molecular flexibility index (Phi) is 5.94. The van der Waals surface area contributed by atoms with Crippen LogP contribution in [0.1, 0.15) is 38.2 Å². The van der Waals surface area contributed by atoms with Gasteiger partial charge >= 0.3 is 6.01 Å². The lowest BCUT2D eigenvalue weighted by atomic mass is 9.88. The van der Waals surface area contributed by atoms with Crippen LogP contribution in [0, 0.1) is 24.0 Å². The number of hydrogen-bond donors (Lipinski definition) is 1. The van der Waals surface area contributed by atoms with Crippen LogP contribution in [0.2, 0.25) is 0 Å². The average molecular weight is 557 g/mol. The number of hydrogen-bond acceptors (Lipinski definition) is 7. The van der Waals surface area contributed by atoms with E-state index in [1.54, 1.807) is 6.07 Å². The number of likely N-dealkylation sites (N-methyl/N-ethyl adjacent to an activating group) is 2. The molecule has 4 aromatic rings. The molecule has 2 fully saturated rings. The molecule has 7 nitrogen and oxygen atoms in total. The molecular weight excluding hydrogens is 526 g/mol. The van der Waals surface area contributed by atoms with Gasteiger partial charge in [0.15, 0.2) is 5.82 Å². The zero-order valence-electron chi connectivity index (χ0n) is 23.1. The zero-order chi connectivity index (χ0) is 28.6. The summed E-state index contributed by atoms with van der Waals surface area (Å²) in [5, 5.41) is 11.8. The van der Waals surface area contributed by atoms with Gasteiger partial charge in [0.25, 0.3) is 0 Å². The van der Waals surface area contributed by atoms with E-state index < -0.39 is 11.6 Å². The molecule has 3 heterocycles. The first-order valence-electron chi connectivity index (χ1n) is 14.0.